The van der Waals surface area contributed by atoms with Crippen LogP contribution >= 0.6 is 11.3 Å². The highest BCUT2D eigenvalue weighted by molar-refractivity contribution is 7.13. The minimum absolute atomic E-state index is 0.929. The summed E-state index contributed by atoms with van der Waals surface area (Å²) in [6, 6.07) is 4.11. The van der Waals surface area contributed by atoms with E-state index >= 15 is 0 Å². The number of nitrogens with zero attached hydrogens (tertiary/aromatic N) is 2. The van der Waals surface area contributed by atoms with E-state index in [0.29, 0.717) is 0 Å². The molecule has 0 unspecified atom stereocenters. The van der Waals surface area contributed by atoms with Gasteiger partial charge in [0.25, 0.3) is 0 Å². The van der Waals surface area contributed by atoms with Crippen molar-refractivity contribution < 1.29 is 4.52 Å². The minimum Gasteiger partial charge on any atom is -0.355 e. The molecule has 3 rings (SSSR count). The lowest BCUT2D eigenvalue weighted by molar-refractivity contribution is 0.233. The summed E-state index contributed by atoms with van der Waals surface area (Å²) in [5.74, 6) is 0.929. The van der Waals surface area contributed by atoms with Gasteiger partial charge in [-0.3, -0.25) is 4.90 Å². The van der Waals surface area contributed by atoms with Gasteiger partial charge >= 0.3 is 0 Å². The quantitative estimate of drug-likeness (QED) is 0.900. The predicted molar refractivity (Wildman–Crippen MR) is 68.0 cm³/mol. The monoisotopic (exact) mass is 249 g/mol. The van der Waals surface area contributed by atoms with E-state index in [4.69, 9.17) is 4.52 Å². The van der Waals surface area contributed by atoms with Gasteiger partial charge in [-0.05, 0) is 11.4 Å². The number of aromatic nitrogens is 1. The molecule has 0 bridgehead atoms. The topological polar surface area (TPSA) is 41.3 Å². The largest absolute Gasteiger partial charge is 0.355 e. The zero-order valence-corrected chi connectivity index (χ0v) is 10.4. The molecule has 0 aliphatic carbocycles. The number of rotatable bonds is 3. The molecule has 4 nitrogen and oxygen atoms in total. The second-order valence-corrected chi connectivity index (χ2v) is 5.13. The van der Waals surface area contributed by atoms with Crippen molar-refractivity contribution in [3.8, 4) is 10.6 Å². The average Bonchev–Trinajstić information content (AvgIpc) is 3.00. The molecule has 0 saturated carbocycles. The molecule has 1 fully saturated rings. The predicted octanol–water partition coefficient (Wildman–Crippen LogP) is 1.81. The van der Waals surface area contributed by atoms with E-state index in [0.717, 1.165) is 43.4 Å². The van der Waals surface area contributed by atoms with Gasteiger partial charge in [-0.15, -0.1) is 11.3 Å². The molecule has 90 valence electrons. The van der Waals surface area contributed by atoms with Gasteiger partial charge in [0.1, 0.15) is 0 Å². The van der Waals surface area contributed by atoms with Crippen LogP contribution in [0.1, 0.15) is 5.56 Å². The summed E-state index contributed by atoms with van der Waals surface area (Å²) in [4.78, 5) is 3.59. The van der Waals surface area contributed by atoms with E-state index in [1.54, 1.807) is 11.3 Å². The Morgan fingerprint density at radius 2 is 2.29 bits per heavy atom. The fourth-order valence-electron chi connectivity index (χ4n) is 2.09. The molecule has 1 N–H and O–H groups in total. The van der Waals surface area contributed by atoms with Crippen LogP contribution in [0.2, 0.25) is 0 Å². The molecule has 1 aliphatic heterocycles. The fraction of sp³-hybridized carbons (Fsp3) is 0.417. The zero-order chi connectivity index (χ0) is 11.5. The summed E-state index contributed by atoms with van der Waals surface area (Å²) in [6.07, 6.45) is 1.84. The number of thiophene rings is 1. The standard InChI is InChI=1S/C12H15N3OS/c1-2-11(17-7-1)12-10(8-14-16-12)9-15-5-3-13-4-6-15/h1-2,7-8,13H,3-6,9H2. The van der Waals surface area contributed by atoms with Crippen molar-refractivity contribution >= 4 is 11.3 Å². The van der Waals surface area contributed by atoms with Crippen LogP contribution in [0.3, 0.4) is 0 Å². The van der Waals surface area contributed by atoms with Crippen molar-refractivity contribution in [2.45, 2.75) is 6.54 Å². The van der Waals surface area contributed by atoms with Crippen molar-refractivity contribution in [1.29, 1.82) is 0 Å². The van der Waals surface area contributed by atoms with Gasteiger partial charge in [-0.1, -0.05) is 11.2 Å². The Kier molecular flexibility index (Phi) is 3.22. The van der Waals surface area contributed by atoms with Gasteiger partial charge in [0.2, 0.25) is 0 Å². The molecule has 2 aromatic rings. The summed E-state index contributed by atoms with van der Waals surface area (Å²) < 4.78 is 5.37. The number of hydrogen-bond acceptors (Lipinski definition) is 5. The lowest BCUT2D eigenvalue weighted by Crippen LogP contribution is -2.42. The van der Waals surface area contributed by atoms with E-state index in [2.05, 4.69) is 26.8 Å². The fourth-order valence-corrected chi connectivity index (χ4v) is 2.83. The Balaban J connectivity index is 1.77. The molecule has 1 aliphatic rings. The van der Waals surface area contributed by atoms with Crippen LogP contribution in [0.25, 0.3) is 10.6 Å². The molecule has 0 amide bonds. The highest BCUT2D eigenvalue weighted by Crippen LogP contribution is 2.28. The normalized spacial score (nSPS) is 17.4. The van der Waals surface area contributed by atoms with Crippen LogP contribution in [0.15, 0.2) is 28.2 Å². The molecular formula is C12H15N3OS. The summed E-state index contributed by atoms with van der Waals surface area (Å²) >= 11 is 1.69. The van der Waals surface area contributed by atoms with Crippen molar-refractivity contribution in [1.82, 2.24) is 15.4 Å². The van der Waals surface area contributed by atoms with E-state index in [1.807, 2.05) is 12.3 Å². The van der Waals surface area contributed by atoms with Crippen LogP contribution in [-0.4, -0.2) is 36.2 Å². The van der Waals surface area contributed by atoms with Gasteiger partial charge in [0.05, 0.1) is 11.1 Å². The Labute approximate surface area is 104 Å². The molecular weight excluding hydrogens is 234 g/mol. The molecule has 2 aromatic heterocycles. The van der Waals surface area contributed by atoms with E-state index < -0.39 is 0 Å². The van der Waals surface area contributed by atoms with Crippen molar-refractivity contribution in [3.63, 3.8) is 0 Å². The van der Waals surface area contributed by atoms with Crippen LogP contribution in [-0.2, 0) is 6.54 Å². The van der Waals surface area contributed by atoms with Crippen LogP contribution < -0.4 is 5.32 Å². The SMILES string of the molecule is c1csc(-c2oncc2CN2CCNCC2)c1. The molecule has 0 aromatic carbocycles. The number of piperazine rings is 1. The van der Waals surface area contributed by atoms with Gasteiger partial charge < -0.3 is 9.84 Å². The second-order valence-electron chi connectivity index (χ2n) is 4.18. The van der Waals surface area contributed by atoms with Gasteiger partial charge in [0.15, 0.2) is 5.76 Å². The summed E-state index contributed by atoms with van der Waals surface area (Å²) in [6.45, 7) is 5.25. The molecule has 0 atom stereocenters. The van der Waals surface area contributed by atoms with E-state index in [-0.39, 0.29) is 0 Å². The number of nitrogens with one attached hydrogen (secondary N) is 1. The Hall–Kier alpha value is -1.17. The maximum absolute atomic E-state index is 5.37. The summed E-state index contributed by atoms with van der Waals surface area (Å²) in [5.41, 5.74) is 1.19. The van der Waals surface area contributed by atoms with E-state index in [1.165, 1.54) is 5.56 Å². The van der Waals surface area contributed by atoms with Crippen LogP contribution in [0.5, 0.6) is 0 Å². The molecule has 0 spiro atoms. The first kappa shape index (κ1) is 11.0. The second kappa shape index (κ2) is 5.00. The minimum atomic E-state index is 0.929. The average molecular weight is 249 g/mol. The third kappa shape index (κ3) is 2.41. The van der Waals surface area contributed by atoms with Gasteiger partial charge in [-0.25, -0.2) is 0 Å². The van der Waals surface area contributed by atoms with Crippen molar-refractivity contribution in [2.24, 2.45) is 0 Å². The van der Waals surface area contributed by atoms with Crippen LogP contribution in [0, 0.1) is 0 Å². The maximum atomic E-state index is 5.37. The summed E-state index contributed by atoms with van der Waals surface area (Å²) in [5, 5.41) is 9.35. The first-order valence-corrected chi connectivity index (χ1v) is 6.72. The molecule has 17 heavy (non-hydrogen) atoms. The molecule has 1 saturated heterocycles. The van der Waals surface area contributed by atoms with Crippen molar-refractivity contribution in [3.05, 3.63) is 29.3 Å². The Bertz CT molecular complexity index is 460. The molecule has 5 heteroatoms. The Morgan fingerprint density at radius 1 is 1.41 bits per heavy atom. The Morgan fingerprint density at radius 3 is 3.06 bits per heavy atom. The summed E-state index contributed by atoms with van der Waals surface area (Å²) in [7, 11) is 0. The third-order valence-corrected chi connectivity index (χ3v) is 3.86. The number of hydrogen-bond donors (Lipinski definition) is 1. The lowest BCUT2D eigenvalue weighted by atomic mass is 10.2. The highest BCUT2D eigenvalue weighted by Gasteiger charge is 2.16. The molecule has 3 heterocycles. The highest BCUT2D eigenvalue weighted by atomic mass is 32.1. The van der Waals surface area contributed by atoms with E-state index in [9.17, 15) is 0 Å². The van der Waals surface area contributed by atoms with Crippen molar-refractivity contribution in [2.75, 3.05) is 26.2 Å². The van der Waals surface area contributed by atoms with Gasteiger partial charge in [0, 0.05) is 38.3 Å². The lowest BCUT2D eigenvalue weighted by Gasteiger charge is -2.26. The molecule has 0 radical (unpaired) electrons. The smallest absolute Gasteiger partial charge is 0.181 e. The van der Waals surface area contributed by atoms with Gasteiger partial charge in [-0.2, -0.15) is 0 Å². The first-order valence-electron chi connectivity index (χ1n) is 5.84. The maximum Gasteiger partial charge on any atom is 0.181 e. The third-order valence-electron chi connectivity index (χ3n) is 2.99. The first-order chi connectivity index (χ1) is 8.43. The van der Waals surface area contributed by atoms with Crippen LogP contribution in [0.4, 0.5) is 0 Å². The zero-order valence-electron chi connectivity index (χ0n) is 9.56.